The van der Waals surface area contributed by atoms with Crippen LogP contribution in [0.25, 0.3) is 0 Å². The van der Waals surface area contributed by atoms with Gasteiger partial charge in [0.1, 0.15) is 0 Å². The highest BCUT2D eigenvalue weighted by atomic mass is 14.1. The predicted octanol–water partition coefficient (Wildman–Crippen LogP) is 1.93. The van der Waals surface area contributed by atoms with Gasteiger partial charge in [-0.05, 0) is 19.3 Å². The van der Waals surface area contributed by atoms with Gasteiger partial charge in [-0.2, -0.15) is 0 Å². The second-order valence-corrected chi connectivity index (χ2v) is 1.97. The number of rotatable bonds is 1. The summed E-state index contributed by atoms with van der Waals surface area (Å²) in [4.78, 5) is 0. The lowest BCUT2D eigenvalue weighted by Gasteiger charge is -1.88. The zero-order valence-electron chi connectivity index (χ0n) is 4.85. The van der Waals surface area contributed by atoms with E-state index in [1.807, 2.05) is 0 Å². The lowest BCUT2D eigenvalue weighted by molar-refractivity contribution is 1.10. The van der Waals surface area contributed by atoms with E-state index in [-0.39, 0.29) is 0 Å². The third kappa shape index (κ3) is 1.13. The molecule has 1 radical (unpaired) electrons. The summed E-state index contributed by atoms with van der Waals surface area (Å²) in [5, 5.41) is 0. The molecule has 1 aliphatic carbocycles. The summed E-state index contributed by atoms with van der Waals surface area (Å²) in [6.07, 6.45) is 12.6. The van der Waals surface area contributed by atoms with Crippen LogP contribution in [0.15, 0.2) is 11.6 Å². The summed E-state index contributed by atoms with van der Waals surface area (Å²) < 4.78 is 0. The third-order valence-corrected chi connectivity index (χ3v) is 1.31. The minimum absolute atomic E-state index is 0.844. The van der Waals surface area contributed by atoms with Crippen LogP contribution in [0, 0.1) is 18.8 Å². The second kappa shape index (κ2) is 2.57. The van der Waals surface area contributed by atoms with Crippen molar-refractivity contribution in [2.24, 2.45) is 0 Å². The van der Waals surface area contributed by atoms with Gasteiger partial charge >= 0.3 is 0 Å². The summed E-state index contributed by atoms with van der Waals surface area (Å²) in [6.45, 7) is 0. The Hall–Kier alpha value is -0.700. The lowest BCUT2D eigenvalue weighted by Crippen LogP contribution is -1.71. The van der Waals surface area contributed by atoms with Gasteiger partial charge in [0.05, 0.1) is 0 Å². The number of terminal acetylenes is 1. The van der Waals surface area contributed by atoms with Crippen LogP contribution in [0.3, 0.4) is 0 Å². The first kappa shape index (κ1) is 5.44. The van der Waals surface area contributed by atoms with Gasteiger partial charge in [0.15, 0.2) is 0 Å². The second-order valence-electron chi connectivity index (χ2n) is 1.97. The van der Waals surface area contributed by atoms with Crippen LogP contribution in [0.4, 0.5) is 0 Å². The van der Waals surface area contributed by atoms with Crippen LogP contribution < -0.4 is 0 Å². The fourth-order valence-electron chi connectivity index (χ4n) is 0.877. The van der Waals surface area contributed by atoms with Crippen molar-refractivity contribution < 1.29 is 0 Å². The Morgan fingerprint density at radius 3 is 3.12 bits per heavy atom. The quantitative estimate of drug-likeness (QED) is 0.353. The highest BCUT2D eigenvalue weighted by Gasteiger charge is 2.00. The number of allylic oxidation sites excluding steroid dienone is 2. The van der Waals surface area contributed by atoms with E-state index in [2.05, 4.69) is 18.4 Å². The molecule has 0 nitrogen and oxygen atoms in total. The van der Waals surface area contributed by atoms with Crippen LogP contribution in [-0.2, 0) is 0 Å². The van der Waals surface area contributed by atoms with E-state index in [4.69, 9.17) is 6.42 Å². The minimum Gasteiger partial charge on any atom is -0.120 e. The maximum atomic E-state index is 5.10. The first-order valence-electron chi connectivity index (χ1n) is 2.86. The Morgan fingerprint density at radius 2 is 2.62 bits per heavy atom. The van der Waals surface area contributed by atoms with Crippen molar-refractivity contribution in [1.29, 1.82) is 0 Å². The average Bonchev–Trinajstić information content (AvgIpc) is 2.19. The smallest absolute Gasteiger partial charge is 0.0296 e. The Balaban J connectivity index is 2.36. The fourth-order valence-corrected chi connectivity index (χ4v) is 0.877. The maximum absolute atomic E-state index is 5.10. The molecule has 0 aromatic carbocycles. The van der Waals surface area contributed by atoms with Crippen molar-refractivity contribution in [3.05, 3.63) is 18.1 Å². The Labute approximate surface area is 50.6 Å². The largest absolute Gasteiger partial charge is 0.120 e. The molecule has 0 unspecified atom stereocenters. The first-order chi connectivity index (χ1) is 3.93. The molecule has 0 N–H and O–H groups in total. The van der Waals surface area contributed by atoms with E-state index >= 15 is 0 Å². The highest BCUT2D eigenvalue weighted by molar-refractivity contribution is 5.18. The number of hydrogen-bond donors (Lipinski definition) is 0. The summed E-state index contributed by atoms with van der Waals surface area (Å²) in [7, 11) is 0. The highest BCUT2D eigenvalue weighted by Crippen LogP contribution is 2.18. The molecule has 0 heteroatoms. The molecule has 1 aliphatic rings. The molecule has 0 atom stereocenters. The van der Waals surface area contributed by atoms with Gasteiger partial charge in [-0.25, -0.2) is 0 Å². The molecule has 0 amide bonds. The normalized spacial score (nSPS) is 17.6. The molecule has 0 aromatic rings. The SMILES string of the molecule is C#CCC1=CC[CH]C1. The van der Waals surface area contributed by atoms with Gasteiger partial charge < -0.3 is 0 Å². The van der Waals surface area contributed by atoms with Crippen LogP contribution in [0.5, 0.6) is 0 Å². The van der Waals surface area contributed by atoms with Crippen molar-refractivity contribution in [2.45, 2.75) is 19.3 Å². The van der Waals surface area contributed by atoms with E-state index < -0.39 is 0 Å². The van der Waals surface area contributed by atoms with E-state index in [0.717, 1.165) is 19.3 Å². The van der Waals surface area contributed by atoms with Gasteiger partial charge in [-0.15, -0.1) is 12.3 Å². The molecule has 8 heavy (non-hydrogen) atoms. The van der Waals surface area contributed by atoms with Gasteiger partial charge in [0, 0.05) is 6.42 Å². The summed E-state index contributed by atoms with van der Waals surface area (Å²) in [6, 6.07) is 0. The Kier molecular flexibility index (Phi) is 1.75. The van der Waals surface area contributed by atoms with Crippen LogP contribution in [0.1, 0.15) is 19.3 Å². The van der Waals surface area contributed by atoms with E-state index in [0.29, 0.717) is 0 Å². The van der Waals surface area contributed by atoms with E-state index in [1.165, 1.54) is 5.57 Å². The zero-order valence-corrected chi connectivity index (χ0v) is 4.85. The standard InChI is InChI=1S/C8H9/c1-2-5-8-6-3-4-7-8/h1,3,7H,4-6H2. The molecular weight excluding hydrogens is 96.1 g/mol. The number of hydrogen-bond acceptors (Lipinski definition) is 0. The minimum atomic E-state index is 0.844. The molecule has 0 bridgehead atoms. The van der Waals surface area contributed by atoms with Crippen molar-refractivity contribution >= 4 is 0 Å². The monoisotopic (exact) mass is 105 g/mol. The van der Waals surface area contributed by atoms with Gasteiger partial charge in [0.25, 0.3) is 0 Å². The first-order valence-corrected chi connectivity index (χ1v) is 2.86. The van der Waals surface area contributed by atoms with Crippen molar-refractivity contribution in [2.75, 3.05) is 0 Å². The zero-order chi connectivity index (χ0) is 5.82. The summed E-state index contributed by atoms with van der Waals surface area (Å²) in [5.41, 5.74) is 1.41. The molecule has 41 valence electrons. The Bertz CT molecular complexity index is 135. The fraction of sp³-hybridized carbons (Fsp3) is 0.375. The van der Waals surface area contributed by atoms with Crippen LogP contribution in [-0.4, -0.2) is 0 Å². The molecule has 0 fully saturated rings. The Morgan fingerprint density at radius 1 is 1.75 bits per heavy atom. The average molecular weight is 105 g/mol. The summed E-state index contributed by atoms with van der Waals surface area (Å²) in [5.74, 6) is 2.62. The molecule has 0 saturated carbocycles. The topological polar surface area (TPSA) is 0 Å². The maximum Gasteiger partial charge on any atom is 0.0296 e. The lowest BCUT2D eigenvalue weighted by atomic mass is 10.2. The summed E-state index contributed by atoms with van der Waals surface area (Å²) >= 11 is 0. The van der Waals surface area contributed by atoms with Crippen molar-refractivity contribution in [1.82, 2.24) is 0 Å². The van der Waals surface area contributed by atoms with Crippen LogP contribution in [0.2, 0.25) is 0 Å². The molecule has 1 rings (SSSR count). The van der Waals surface area contributed by atoms with E-state index in [9.17, 15) is 0 Å². The molecule has 0 heterocycles. The van der Waals surface area contributed by atoms with Crippen molar-refractivity contribution in [3.63, 3.8) is 0 Å². The molecular formula is C8H9. The molecule has 0 aromatic heterocycles. The molecule has 0 spiro atoms. The van der Waals surface area contributed by atoms with Gasteiger partial charge in [0.2, 0.25) is 0 Å². The third-order valence-electron chi connectivity index (χ3n) is 1.31. The van der Waals surface area contributed by atoms with Gasteiger partial charge in [-0.3, -0.25) is 0 Å². The predicted molar refractivity (Wildman–Crippen MR) is 35.1 cm³/mol. The molecule has 0 aliphatic heterocycles. The van der Waals surface area contributed by atoms with Gasteiger partial charge in [-0.1, -0.05) is 11.6 Å². The van der Waals surface area contributed by atoms with Crippen molar-refractivity contribution in [3.8, 4) is 12.3 Å². The molecule has 0 saturated heterocycles. The van der Waals surface area contributed by atoms with Crippen LogP contribution >= 0.6 is 0 Å². The van der Waals surface area contributed by atoms with E-state index in [1.54, 1.807) is 0 Å².